The van der Waals surface area contributed by atoms with Crippen LogP contribution in [-0.4, -0.2) is 62.9 Å². The van der Waals surface area contributed by atoms with Gasteiger partial charge in [-0.3, -0.25) is 9.78 Å². The fourth-order valence-electron chi connectivity index (χ4n) is 5.67. The average Bonchev–Trinajstić information content (AvgIpc) is 3.76. The second-order valence-electron chi connectivity index (χ2n) is 11.2. The van der Waals surface area contributed by atoms with Gasteiger partial charge in [-0.2, -0.15) is 4.31 Å². The molecule has 4 heterocycles. The Morgan fingerprint density at radius 2 is 1.95 bits per heavy atom. The first-order chi connectivity index (χ1) is 20.7. The van der Waals surface area contributed by atoms with Crippen molar-refractivity contribution in [2.24, 2.45) is 0 Å². The molecule has 43 heavy (non-hydrogen) atoms. The lowest BCUT2D eigenvalue weighted by Crippen LogP contribution is -2.37. The van der Waals surface area contributed by atoms with E-state index in [1.807, 2.05) is 49.7 Å². The van der Waals surface area contributed by atoms with E-state index in [-0.39, 0.29) is 49.0 Å². The molecule has 1 fully saturated rings. The molecule has 12 heteroatoms. The van der Waals surface area contributed by atoms with Gasteiger partial charge in [0.2, 0.25) is 15.9 Å². The van der Waals surface area contributed by atoms with Crippen molar-refractivity contribution in [3.63, 3.8) is 0 Å². The molecule has 1 aromatic carbocycles. The Morgan fingerprint density at radius 1 is 1.14 bits per heavy atom. The molecule has 0 unspecified atom stereocenters. The summed E-state index contributed by atoms with van der Waals surface area (Å²) in [4.78, 5) is 22.1. The predicted octanol–water partition coefficient (Wildman–Crippen LogP) is 4.62. The third-order valence-electron chi connectivity index (χ3n) is 8.29. The molecule has 2 aliphatic rings. The third-order valence-corrected chi connectivity index (χ3v) is 10.1. The molecule has 0 bridgehead atoms. The lowest BCUT2D eigenvalue weighted by molar-refractivity contribution is -0.143. The van der Waals surface area contributed by atoms with Crippen molar-refractivity contribution in [1.29, 1.82) is 0 Å². The smallest absolute Gasteiger partial charge is 0.306 e. The third kappa shape index (κ3) is 5.61. The van der Waals surface area contributed by atoms with Gasteiger partial charge in [0, 0.05) is 17.8 Å². The Balaban J connectivity index is 1.39. The minimum atomic E-state index is -3.91. The van der Waals surface area contributed by atoms with E-state index < -0.39 is 15.9 Å². The number of fused-ring (bicyclic) bond motifs is 2. The number of nitrogens with zero attached hydrogens (tertiary/aromatic N) is 6. The van der Waals surface area contributed by atoms with Gasteiger partial charge >= 0.3 is 5.97 Å². The highest BCUT2D eigenvalue weighted by molar-refractivity contribution is 7.89. The molecule has 0 saturated heterocycles. The summed E-state index contributed by atoms with van der Waals surface area (Å²) in [7, 11) is -3.91. The van der Waals surface area contributed by atoms with Crippen molar-refractivity contribution >= 4 is 27.0 Å². The van der Waals surface area contributed by atoms with Gasteiger partial charge in [0.25, 0.3) is 0 Å². The van der Waals surface area contributed by atoms with Crippen molar-refractivity contribution < 1.29 is 22.7 Å². The number of pyridine rings is 2. The molecule has 1 aliphatic heterocycles. The van der Waals surface area contributed by atoms with Crippen LogP contribution in [0, 0.1) is 13.8 Å². The molecule has 1 aliphatic carbocycles. The Labute approximate surface area is 251 Å². The summed E-state index contributed by atoms with van der Waals surface area (Å²) in [5.74, 6) is -0.639. The number of ether oxygens (including phenoxy) is 2. The number of rotatable bonds is 9. The summed E-state index contributed by atoms with van der Waals surface area (Å²) < 4.78 is 42.3. The Morgan fingerprint density at radius 3 is 2.70 bits per heavy atom. The van der Waals surface area contributed by atoms with Crippen molar-refractivity contribution in [3.8, 4) is 5.88 Å². The maximum absolute atomic E-state index is 13.8. The summed E-state index contributed by atoms with van der Waals surface area (Å²) in [6.45, 7) is 8.14. The molecule has 3 aromatic heterocycles. The molecule has 0 amide bonds. The first kappa shape index (κ1) is 29.2. The molecule has 11 nitrogen and oxygen atoms in total. The maximum atomic E-state index is 13.8. The van der Waals surface area contributed by atoms with Crippen molar-refractivity contribution in [2.45, 2.75) is 82.9 Å². The van der Waals surface area contributed by atoms with Crippen LogP contribution in [0.5, 0.6) is 5.88 Å². The fourth-order valence-corrected chi connectivity index (χ4v) is 7.18. The second-order valence-corrected chi connectivity index (χ2v) is 13.1. The van der Waals surface area contributed by atoms with Crippen LogP contribution >= 0.6 is 0 Å². The molecule has 226 valence electrons. The summed E-state index contributed by atoms with van der Waals surface area (Å²) in [6, 6.07) is 11.4. The molecule has 0 radical (unpaired) electrons. The molecular formula is C31H36N6O5S. The summed E-state index contributed by atoms with van der Waals surface area (Å²) >= 11 is 0. The highest BCUT2D eigenvalue weighted by Gasteiger charge is 2.36. The SMILES string of the molecule is CCOC(=O)C[C@@H](c1ccc(C)c(CN2C[C@@H](CC)Oc3ncccc3S2(=O)=O)n1)c1ccc2c(nnn2C2CC2)c1C. The average molecular weight is 605 g/mol. The van der Waals surface area contributed by atoms with E-state index >= 15 is 0 Å². The zero-order valence-electron chi connectivity index (χ0n) is 24.9. The molecular weight excluding hydrogens is 568 g/mol. The minimum Gasteiger partial charge on any atom is -0.472 e. The van der Waals surface area contributed by atoms with Gasteiger partial charge in [-0.1, -0.05) is 24.3 Å². The van der Waals surface area contributed by atoms with Crippen LogP contribution in [0.15, 0.2) is 47.5 Å². The standard InChI is InChI=1S/C31H36N6O5S/c1-5-22-17-36(43(39,40)28-8-7-15-32-31(28)42-22)18-26-19(3)9-13-25(33-26)24(16-29(38)41-6-2)23-12-14-27-30(20(23)4)34-35-37(27)21-10-11-21/h7-9,12-15,21-22,24H,5-6,10-11,16-18H2,1-4H3/t22-,24-/m1/s1. The normalized spacial score (nSPS) is 18.9. The van der Waals surface area contributed by atoms with Crippen LogP contribution in [0.4, 0.5) is 0 Å². The summed E-state index contributed by atoms with van der Waals surface area (Å²) in [6.07, 6.45) is 4.07. The van der Waals surface area contributed by atoms with Gasteiger partial charge < -0.3 is 9.47 Å². The van der Waals surface area contributed by atoms with Crippen molar-refractivity contribution in [2.75, 3.05) is 13.2 Å². The number of hydrogen-bond donors (Lipinski definition) is 0. The minimum absolute atomic E-state index is 0.0446. The number of aryl methyl sites for hydroxylation is 2. The predicted molar refractivity (Wildman–Crippen MR) is 159 cm³/mol. The number of carbonyl (C=O) groups excluding carboxylic acids is 1. The first-order valence-corrected chi connectivity index (χ1v) is 16.2. The first-order valence-electron chi connectivity index (χ1n) is 14.8. The monoisotopic (exact) mass is 604 g/mol. The van der Waals surface area contributed by atoms with Crippen molar-refractivity contribution in [3.05, 3.63) is 70.7 Å². The quantitative estimate of drug-likeness (QED) is 0.251. The highest BCUT2D eigenvalue weighted by atomic mass is 32.2. The fraction of sp³-hybridized carbons (Fsp3) is 0.452. The van der Waals surface area contributed by atoms with E-state index in [2.05, 4.69) is 15.3 Å². The Kier molecular flexibility index (Phi) is 7.91. The van der Waals surface area contributed by atoms with E-state index in [1.165, 1.54) is 16.6 Å². The van der Waals surface area contributed by atoms with Gasteiger partial charge in [0.05, 0.1) is 43.4 Å². The molecule has 0 spiro atoms. The molecule has 1 saturated carbocycles. The maximum Gasteiger partial charge on any atom is 0.306 e. The number of sulfonamides is 1. The topological polar surface area (TPSA) is 129 Å². The van der Waals surface area contributed by atoms with Gasteiger partial charge in [-0.15, -0.1) is 5.10 Å². The van der Waals surface area contributed by atoms with E-state index in [1.54, 1.807) is 13.0 Å². The van der Waals surface area contributed by atoms with Crippen LogP contribution in [-0.2, 0) is 26.1 Å². The van der Waals surface area contributed by atoms with E-state index in [0.717, 1.165) is 40.6 Å². The van der Waals surface area contributed by atoms with E-state index in [4.69, 9.17) is 14.5 Å². The van der Waals surface area contributed by atoms with E-state index in [0.29, 0.717) is 23.9 Å². The zero-order chi connectivity index (χ0) is 30.3. The molecule has 2 atom stereocenters. The largest absolute Gasteiger partial charge is 0.472 e. The van der Waals surface area contributed by atoms with Crippen LogP contribution in [0.1, 0.15) is 79.6 Å². The van der Waals surface area contributed by atoms with Gasteiger partial charge in [0.15, 0.2) is 0 Å². The number of hydrogen-bond acceptors (Lipinski definition) is 9. The molecule has 4 aromatic rings. The number of aromatic nitrogens is 5. The Hall–Kier alpha value is -3.90. The van der Waals surface area contributed by atoms with Crippen LogP contribution in [0.3, 0.4) is 0 Å². The molecule has 0 N–H and O–H groups in total. The number of carbonyl (C=O) groups is 1. The van der Waals surface area contributed by atoms with Gasteiger partial charge in [-0.25, -0.2) is 18.1 Å². The molecule has 6 rings (SSSR count). The van der Waals surface area contributed by atoms with E-state index in [9.17, 15) is 13.2 Å². The zero-order valence-corrected chi connectivity index (χ0v) is 25.7. The number of benzene rings is 1. The summed E-state index contributed by atoms with van der Waals surface area (Å²) in [5, 5.41) is 8.89. The van der Waals surface area contributed by atoms with Gasteiger partial charge in [-0.05, 0) is 81.0 Å². The Bertz CT molecular complexity index is 1780. The van der Waals surface area contributed by atoms with Gasteiger partial charge in [0.1, 0.15) is 16.5 Å². The second kappa shape index (κ2) is 11.6. The van der Waals surface area contributed by atoms with Crippen LogP contribution < -0.4 is 4.74 Å². The summed E-state index contributed by atoms with van der Waals surface area (Å²) in [5.41, 5.74) is 5.73. The lowest BCUT2D eigenvalue weighted by Gasteiger charge is -2.24. The van der Waals surface area contributed by atoms with Crippen molar-refractivity contribution in [1.82, 2.24) is 29.3 Å². The van der Waals surface area contributed by atoms with Crippen LogP contribution in [0.2, 0.25) is 0 Å². The highest BCUT2D eigenvalue weighted by Crippen LogP contribution is 2.39. The lowest BCUT2D eigenvalue weighted by atomic mass is 9.88. The van der Waals surface area contributed by atoms with Crippen LogP contribution in [0.25, 0.3) is 11.0 Å². The number of esters is 1.